The molecular weight excluding hydrogens is 415 g/mol. The first-order chi connectivity index (χ1) is 16.3. The molecule has 4 heterocycles. The number of halogens is 1. The molecule has 0 spiro atoms. The maximum Gasteiger partial charge on any atom is 0.126 e. The number of hydrogen-bond acceptors (Lipinski definition) is 5. The molecule has 2 aliphatic rings. The SMILES string of the molecule is Fc1ccc(-c2n[nH]cc2-c2ccnc(NCCN3CCC(N4CCCCC4)CC3)c2)cc1. The van der Waals surface area contributed by atoms with E-state index in [1.165, 1.54) is 70.4 Å². The van der Waals surface area contributed by atoms with E-state index >= 15 is 0 Å². The fraction of sp³-hybridized carbons (Fsp3) is 0.462. The molecule has 2 aromatic heterocycles. The van der Waals surface area contributed by atoms with Gasteiger partial charge in [0.15, 0.2) is 0 Å². The van der Waals surface area contributed by atoms with Gasteiger partial charge in [-0.15, -0.1) is 0 Å². The highest BCUT2D eigenvalue weighted by atomic mass is 19.1. The van der Waals surface area contributed by atoms with Gasteiger partial charge in [-0.2, -0.15) is 5.10 Å². The van der Waals surface area contributed by atoms with Crippen LogP contribution in [0.2, 0.25) is 0 Å². The molecule has 6 nitrogen and oxygen atoms in total. The molecule has 7 heteroatoms. The number of nitrogens with one attached hydrogen (secondary N) is 2. The molecule has 2 saturated heterocycles. The molecule has 2 fully saturated rings. The molecule has 0 radical (unpaired) electrons. The average molecular weight is 449 g/mol. The molecule has 0 atom stereocenters. The van der Waals surface area contributed by atoms with Crippen molar-refractivity contribution in [3.63, 3.8) is 0 Å². The zero-order valence-electron chi connectivity index (χ0n) is 19.1. The molecule has 33 heavy (non-hydrogen) atoms. The molecule has 5 rings (SSSR count). The minimum Gasteiger partial charge on any atom is -0.369 e. The molecule has 0 aliphatic carbocycles. The Hall–Kier alpha value is -2.77. The predicted molar refractivity (Wildman–Crippen MR) is 131 cm³/mol. The summed E-state index contributed by atoms with van der Waals surface area (Å²) in [5.74, 6) is 0.615. The number of anilines is 1. The molecule has 0 unspecified atom stereocenters. The van der Waals surface area contributed by atoms with Crippen LogP contribution in [0.1, 0.15) is 32.1 Å². The van der Waals surface area contributed by atoms with Crippen LogP contribution < -0.4 is 5.32 Å². The van der Waals surface area contributed by atoms with Gasteiger partial charge in [-0.1, -0.05) is 6.42 Å². The van der Waals surface area contributed by atoms with Gasteiger partial charge in [-0.3, -0.25) is 5.10 Å². The summed E-state index contributed by atoms with van der Waals surface area (Å²) in [6.07, 6.45) is 10.4. The van der Waals surface area contributed by atoms with Crippen molar-refractivity contribution >= 4 is 5.82 Å². The van der Waals surface area contributed by atoms with E-state index in [-0.39, 0.29) is 5.82 Å². The average Bonchev–Trinajstić information content (AvgIpc) is 3.36. The van der Waals surface area contributed by atoms with E-state index in [1.807, 2.05) is 18.5 Å². The number of H-pyrrole nitrogens is 1. The van der Waals surface area contributed by atoms with E-state index in [2.05, 4.69) is 36.4 Å². The van der Waals surface area contributed by atoms with Crippen LogP contribution in [0, 0.1) is 5.82 Å². The first-order valence-electron chi connectivity index (χ1n) is 12.2. The summed E-state index contributed by atoms with van der Waals surface area (Å²) >= 11 is 0. The van der Waals surface area contributed by atoms with Crippen LogP contribution >= 0.6 is 0 Å². The smallest absolute Gasteiger partial charge is 0.126 e. The Morgan fingerprint density at radius 2 is 1.76 bits per heavy atom. The van der Waals surface area contributed by atoms with Crippen molar-refractivity contribution in [2.45, 2.75) is 38.1 Å². The number of likely N-dealkylation sites (tertiary alicyclic amines) is 2. The third-order valence-electron chi connectivity index (χ3n) is 7.03. The first-order valence-corrected chi connectivity index (χ1v) is 12.2. The largest absolute Gasteiger partial charge is 0.369 e. The van der Waals surface area contributed by atoms with E-state index < -0.39 is 0 Å². The van der Waals surface area contributed by atoms with Crippen LogP contribution in [0.25, 0.3) is 22.4 Å². The van der Waals surface area contributed by atoms with Gasteiger partial charge in [-0.25, -0.2) is 9.37 Å². The van der Waals surface area contributed by atoms with Crippen LogP contribution in [0.5, 0.6) is 0 Å². The van der Waals surface area contributed by atoms with Crippen molar-refractivity contribution in [3.05, 3.63) is 54.6 Å². The molecular formula is C26H33FN6. The summed E-state index contributed by atoms with van der Waals surface area (Å²) in [7, 11) is 0. The summed E-state index contributed by atoms with van der Waals surface area (Å²) in [6.45, 7) is 6.88. The highest BCUT2D eigenvalue weighted by Gasteiger charge is 2.25. The van der Waals surface area contributed by atoms with Crippen molar-refractivity contribution in [2.24, 2.45) is 0 Å². The third-order valence-corrected chi connectivity index (χ3v) is 7.03. The molecule has 174 valence electrons. The minimum atomic E-state index is -0.248. The van der Waals surface area contributed by atoms with Crippen LogP contribution in [0.15, 0.2) is 48.8 Å². The van der Waals surface area contributed by atoms with E-state index in [9.17, 15) is 4.39 Å². The van der Waals surface area contributed by atoms with E-state index in [0.29, 0.717) is 0 Å². The quantitative estimate of drug-likeness (QED) is 0.551. The van der Waals surface area contributed by atoms with Crippen molar-refractivity contribution in [1.29, 1.82) is 0 Å². The first kappa shape index (κ1) is 22.0. The summed E-state index contributed by atoms with van der Waals surface area (Å²) in [5, 5.41) is 10.8. The molecule has 0 bridgehead atoms. The van der Waals surface area contributed by atoms with Crippen LogP contribution in [-0.4, -0.2) is 70.3 Å². The lowest BCUT2D eigenvalue weighted by Gasteiger charge is -2.40. The highest BCUT2D eigenvalue weighted by molar-refractivity contribution is 5.81. The Bertz CT molecular complexity index is 1020. The van der Waals surface area contributed by atoms with Crippen LogP contribution in [0.3, 0.4) is 0 Å². The lowest BCUT2D eigenvalue weighted by Crippen LogP contribution is -2.47. The monoisotopic (exact) mass is 448 g/mol. The number of aromatic nitrogens is 3. The zero-order chi connectivity index (χ0) is 22.5. The van der Waals surface area contributed by atoms with Gasteiger partial charge < -0.3 is 15.1 Å². The maximum atomic E-state index is 13.3. The Labute approximate surface area is 195 Å². The molecule has 0 saturated carbocycles. The number of piperidine rings is 2. The Morgan fingerprint density at radius 1 is 0.970 bits per heavy atom. The number of benzene rings is 1. The molecule has 2 aliphatic heterocycles. The predicted octanol–water partition coefficient (Wildman–Crippen LogP) is 4.64. The van der Waals surface area contributed by atoms with Crippen molar-refractivity contribution in [1.82, 2.24) is 25.0 Å². The van der Waals surface area contributed by atoms with Crippen LogP contribution in [-0.2, 0) is 0 Å². The molecule has 2 N–H and O–H groups in total. The highest BCUT2D eigenvalue weighted by Crippen LogP contribution is 2.31. The lowest BCUT2D eigenvalue weighted by atomic mass is 10.00. The third kappa shape index (κ3) is 5.42. The molecule has 3 aromatic rings. The number of rotatable bonds is 7. The normalized spacial score (nSPS) is 18.5. The van der Waals surface area contributed by atoms with Crippen molar-refractivity contribution < 1.29 is 4.39 Å². The second-order valence-corrected chi connectivity index (χ2v) is 9.18. The fourth-order valence-corrected chi connectivity index (χ4v) is 5.17. The maximum absolute atomic E-state index is 13.3. The molecule has 1 aromatic carbocycles. The second-order valence-electron chi connectivity index (χ2n) is 9.18. The van der Waals surface area contributed by atoms with E-state index in [0.717, 1.165) is 47.3 Å². The number of nitrogens with zero attached hydrogens (tertiary/aromatic N) is 4. The van der Waals surface area contributed by atoms with Gasteiger partial charge in [0.1, 0.15) is 11.6 Å². The fourth-order valence-electron chi connectivity index (χ4n) is 5.17. The zero-order valence-corrected chi connectivity index (χ0v) is 19.1. The summed E-state index contributed by atoms with van der Waals surface area (Å²) < 4.78 is 13.3. The number of aromatic amines is 1. The van der Waals surface area contributed by atoms with Crippen LogP contribution in [0.4, 0.5) is 10.2 Å². The summed E-state index contributed by atoms with van der Waals surface area (Å²) in [4.78, 5) is 9.80. The minimum absolute atomic E-state index is 0.248. The Kier molecular flexibility index (Phi) is 6.98. The van der Waals surface area contributed by atoms with Gasteiger partial charge in [0.05, 0.1) is 5.69 Å². The van der Waals surface area contributed by atoms with Gasteiger partial charge >= 0.3 is 0 Å². The summed E-state index contributed by atoms with van der Waals surface area (Å²) in [5.41, 5.74) is 3.70. The Morgan fingerprint density at radius 3 is 2.55 bits per heavy atom. The Balaban J connectivity index is 1.15. The lowest BCUT2D eigenvalue weighted by molar-refractivity contribution is 0.0943. The van der Waals surface area contributed by atoms with Gasteiger partial charge in [0.25, 0.3) is 0 Å². The van der Waals surface area contributed by atoms with E-state index in [4.69, 9.17) is 0 Å². The topological polar surface area (TPSA) is 60.1 Å². The van der Waals surface area contributed by atoms with Gasteiger partial charge in [-0.05, 0) is 93.8 Å². The molecule has 0 amide bonds. The number of pyridine rings is 1. The van der Waals surface area contributed by atoms with Gasteiger partial charge in [0, 0.05) is 42.7 Å². The standard InChI is InChI=1S/C26H33FN6/c27-22-6-4-20(5-7-22)26-24(19-30-31-26)21-8-11-28-25(18-21)29-12-17-32-15-9-23(10-16-32)33-13-2-1-3-14-33/h4-8,11,18-19,23H,1-3,9-10,12-17H2,(H,28,29)(H,30,31). The van der Waals surface area contributed by atoms with E-state index in [1.54, 1.807) is 12.1 Å². The van der Waals surface area contributed by atoms with Gasteiger partial charge in [0.2, 0.25) is 0 Å². The summed E-state index contributed by atoms with van der Waals surface area (Å²) in [6, 6.07) is 11.3. The number of hydrogen-bond donors (Lipinski definition) is 2. The van der Waals surface area contributed by atoms with Crippen molar-refractivity contribution in [3.8, 4) is 22.4 Å². The second kappa shape index (κ2) is 10.4. The van der Waals surface area contributed by atoms with Crippen molar-refractivity contribution in [2.75, 3.05) is 44.6 Å².